The molecule has 1 fully saturated rings. The average Bonchev–Trinajstić information content (AvgIpc) is 2.87. The van der Waals surface area contributed by atoms with Crippen molar-refractivity contribution >= 4 is 34.0 Å². The summed E-state index contributed by atoms with van der Waals surface area (Å²) in [6.45, 7) is 4.35. The molecule has 0 aromatic heterocycles. The maximum atomic E-state index is 12.8. The number of carbonyl (C=O) groups is 1. The SMILES string of the molecule is CC(C(=O)N1CCc2ccc(S(=O)(=O)N(C)C)cc21)C1CNC1.Cl. The van der Waals surface area contributed by atoms with E-state index in [1.807, 2.05) is 13.0 Å². The quantitative estimate of drug-likeness (QED) is 0.858. The molecule has 1 unspecified atom stereocenters. The average molecular weight is 374 g/mol. The molecule has 1 atom stereocenters. The standard InChI is InChI=1S/C16H23N3O3S.ClH/c1-11(13-9-17-10-13)16(20)19-7-6-12-4-5-14(8-15(12)19)23(21,22)18(2)3;/h4-5,8,11,13,17H,6-7,9-10H2,1-3H3;1H. The molecule has 1 aromatic rings. The topological polar surface area (TPSA) is 69.7 Å². The lowest BCUT2D eigenvalue weighted by molar-refractivity contribution is -0.123. The van der Waals surface area contributed by atoms with E-state index in [-0.39, 0.29) is 29.1 Å². The second-order valence-corrected chi connectivity index (χ2v) is 8.68. The smallest absolute Gasteiger partial charge is 0.242 e. The Hall–Kier alpha value is -1.15. The highest BCUT2D eigenvalue weighted by atomic mass is 35.5. The molecule has 24 heavy (non-hydrogen) atoms. The van der Waals surface area contributed by atoms with Gasteiger partial charge in [-0.2, -0.15) is 0 Å². The van der Waals surface area contributed by atoms with Crippen LogP contribution in [0.5, 0.6) is 0 Å². The van der Waals surface area contributed by atoms with E-state index in [4.69, 9.17) is 0 Å². The molecule has 0 spiro atoms. The van der Waals surface area contributed by atoms with E-state index in [0.29, 0.717) is 12.5 Å². The van der Waals surface area contributed by atoms with E-state index in [1.54, 1.807) is 17.0 Å². The van der Waals surface area contributed by atoms with Crippen LogP contribution in [0.25, 0.3) is 0 Å². The van der Waals surface area contributed by atoms with Crippen molar-refractivity contribution in [2.75, 3.05) is 38.6 Å². The highest BCUT2D eigenvalue weighted by Crippen LogP contribution is 2.33. The number of hydrogen-bond acceptors (Lipinski definition) is 4. The Bertz CT molecular complexity index is 732. The van der Waals surface area contributed by atoms with Crippen molar-refractivity contribution in [3.63, 3.8) is 0 Å². The zero-order chi connectivity index (χ0) is 16.8. The fourth-order valence-corrected chi connectivity index (χ4v) is 3.99. The Morgan fingerprint density at radius 1 is 1.33 bits per heavy atom. The summed E-state index contributed by atoms with van der Waals surface area (Å²) in [6.07, 6.45) is 0.777. The van der Waals surface area contributed by atoms with Gasteiger partial charge in [0, 0.05) is 32.2 Å². The molecule has 1 N–H and O–H groups in total. The first-order valence-electron chi connectivity index (χ1n) is 7.90. The number of halogens is 1. The van der Waals surface area contributed by atoms with Crippen molar-refractivity contribution in [3.8, 4) is 0 Å². The third-order valence-corrected chi connectivity index (χ3v) is 6.72. The number of anilines is 1. The largest absolute Gasteiger partial charge is 0.316 e. The maximum absolute atomic E-state index is 12.8. The van der Waals surface area contributed by atoms with Crippen LogP contribution in [0.3, 0.4) is 0 Å². The van der Waals surface area contributed by atoms with E-state index in [9.17, 15) is 13.2 Å². The molecule has 3 rings (SSSR count). The molecular weight excluding hydrogens is 350 g/mol. The van der Waals surface area contributed by atoms with Gasteiger partial charge >= 0.3 is 0 Å². The van der Waals surface area contributed by atoms with Crippen LogP contribution in [0.2, 0.25) is 0 Å². The van der Waals surface area contributed by atoms with Crippen molar-refractivity contribution in [2.45, 2.75) is 18.2 Å². The summed E-state index contributed by atoms with van der Waals surface area (Å²) >= 11 is 0. The summed E-state index contributed by atoms with van der Waals surface area (Å²) in [5.74, 6) is 0.422. The number of nitrogens with one attached hydrogen (secondary N) is 1. The number of rotatable bonds is 4. The minimum atomic E-state index is -3.49. The van der Waals surface area contributed by atoms with Crippen LogP contribution < -0.4 is 10.2 Å². The minimum Gasteiger partial charge on any atom is -0.316 e. The number of fused-ring (bicyclic) bond motifs is 1. The Balaban J connectivity index is 0.00000208. The molecule has 1 saturated heterocycles. The van der Waals surface area contributed by atoms with Crippen LogP contribution in [-0.4, -0.2) is 52.4 Å². The van der Waals surface area contributed by atoms with Crippen LogP contribution in [0.1, 0.15) is 12.5 Å². The molecule has 0 saturated carbocycles. The Morgan fingerprint density at radius 2 is 2.00 bits per heavy atom. The number of sulfonamides is 1. The molecule has 134 valence electrons. The monoisotopic (exact) mass is 373 g/mol. The lowest BCUT2D eigenvalue weighted by atomic mass is 9.88. The van der Waals surface area contributed by atoms with E-state index in [2.05, 4.69) is 5.32 Å². The molecule has 2 heterocycles. The molecule has 2 aliphatic heterocycles. The van der Waals surface area contributed by atoms with Crippen LogP contribution >= 0.6 is 12.4 Å². The first-order valence-corrected chi connectivity index (χ1v) is 9.34. The summed E-state index contributed by atoms with van der Waals surface area (Å²) in [6, 6.07) is 5.09. The van der Waals surface area contributed by atoms with Crippen molar-refractivity contribution < 1.29 is 13.2 Å². The van der Waals surface area contributed by atoms with E-state index >= 15 is 0 Å². The van der Waals surface area contributed by atoms with Gasteiger partial charge in [0.2, 0.25) is 15.9 Å². The molecule has 1 amide bonds. The van der Waals surface area contributed by atoms with Gasteiger partial charge < -0.3 is 10.2 Å². The number of nitrogens with zero attached hydrogens (tertiary/aromatic N) is 2. The van der Waals surface area contributed by atoms with Crippen molar-refractivity contribution in [3.05, 3.63) is 23.8 Å². The van der Waals surface area contributed by atoms with Crippen LogP contribution in [0.4, 0.5) is 5.69 Å². The van der Waals surface area contributed by atoms with E-state index in [1.165, 1.54) is 18.4 Å². The Morgan fingerprint density at radius 3 is 2.54 bits per heavy atom. The Labute approximate surface area is 149 Å². The third kappa shape index (κ3) is 3.18. The molecule has 0 radical (unpaired) electrons. The first kappa shape index (κ1) is 19.2. The van der Waals surface area contributed by atoms with Gasteiger partial charge in [-0.3, -0.25) is 4.79 Å². The van der Waals surface area contributed by atoms with Gasteiger partial charge in [-0.05, 0) is 43.1 Å². The zero-order valence-electron chi connectivity index (χ0n) is 14.2. The lowest BCUT2D eigenvalue weighted by Gasteiger charge is -2.34. The second kappa shape index (κ2) is 7.00. The zero-order valence-corrected chi connectivity index (χ0v) is 15.8. The Kier molecular flexibility index (Phi) is 5.59. The second-order valence-electron chi connectivity index (χ2n) is 6.52. The summed E-state index contributed by atoms with van der Waals surface area (Å²) in [5, 5.41) is 3.19. The summed E-state index contributed by atoms with van der Waals surface area (Å²) in [5.41, 5.74) is 1.78. The summed E-state index contributed by atoms with van der Waals surface area (Å²) in [4.78, 5) is 14.8. The minimum absolute atomic E-state index is 0. The normalized spacial score (nSPS) is 18.8. The van der Waals surface area contributed by atoms with Gasteiger partial charge in [-0.15, -0.1) is 12.4 Å². The number of amides is 1. The van der Waals surface area contributed by atoms with Gasteiger partial charge in [0.15, 0.2) is 0 Å². The molecule has 8 heteroatoms. The number of benzene rings is 1. The van der Waals surface area contributed by atoms with Crippen molar-refractivity contribution in [2.24, 2.45) is 11.8 Å². The summed E-state index contributed by atoms with van der Waals surface area (Å²) < 4.78 is 25.8. The van der Waals surface area contributed by atoms with Gasteiger partial charge in [0.1, 0.15) is 0 Å². The van der Waals surface area contributed by atoms with Gasteiger partial charge in [0.25, 0.3) is 0 Å². The van der Waals surface area contributed by atoms with Crippen LogP contribution in [0.15, 0.2) is 23.1 Å². The fraction of sp³-hybridized carbons (Fsp3) is 0.562. The van der Waals surface area contributed by atoms with Gasteiger partial charge in [-0.1, -0.05) is 13.0 Å². The molecule has 6 nitrogen and oxygen atoms in total. The number of hydrogen-bond donors (Lipinski definition) is 1. The van der Waals surface area contributed by atoms with Gasteiger partial charge in [0.05, 0.1) is 4.90 Å². The molecule has 0 aliphatic carbocycles. The summed E-state index contributed by atoms with van der Waals surface area (Å²) in [7, 11) is -0.470. The third-order valence-electron chi connectivity index (χ3n) is 4.91. The van der Waals surface area contributed by atoms with E-state index < -0.39 is 10.0 Å². The molecular formula is C16H24ClN3O3S. The highest BCUT2D eigenvalue weighted by molar-refractivity contribution is 7.89. The highest BCUT2D eigenvalue weighted by Gasteiger charge is 2.35. The fourth-order valence-electron chi connectivity index (χ4n) is 3.07. The van der Waals surface area contributed by atoms with Crippen molar-refractivity contribution in [1.82, 2.24) is 9.62 Å². The molecule has 0 bridgehead atoms. The number of carbonyl (C=O) groups excluding carboxylic acids is 1. The van der Waals surface area contributed by atoms with Crippen LogP contribution in [0, 0.1) is 11.8 Å². The van der Waals surface area contributed by atoms with E-state index in [0.717, 1.165) is 30.8 Å². The first-order chi connectivity index (χ1) is 10.8. The predicted molar refractivity (Wildman–Crippen MR) is 96.1 cm³/mol. The molecule has 2 aliphatic rings. The van der Waals surface area contributed by atoms with Gasteiger partial charge in [-0.25, -0.2) is 12.7 Å². The predicted octanol–water partition coefficient (Wildman–Crippen LogP) is 1.10. The lowest BCUT2D eigenvalue weighted by Crippen LogP contribution is -2.50. The maximum Gasteiger partial charge on any atom is 0.242 e. The van der Waals surface area contributed by atoms with Crippen molar-refractivity contribution in [1.29, 1.82) is 0 Å². The molecule has 1 aromatic carbocycles. The van der Waals surface area contributed by atoms with Crippen LogP contribution in [-0.2, 0) is 21.2 Å².